The molecule has 0 saturated heterocycles. The van der Waals surface area contributed by atoms with Crippen LogP contribution in [-0.4, -0.2) is 31.1 Å². The Balaban J connectivity index is 2.04. The van der Waals surface area contributed by atoms with Gasteiger partial charge in [0.25, 0.3) is 0 Å². The fraction of sp³-hybridized carbons (Fsp3) is 0.211. The van der Waals surface area contributed by atoms with Gasteiger partial charge in [-0.2, -0.15) is 10.4 Å². The lowest BCUT2D eigenvalue weighted by atomic mass is 10.0. The molecule has 11 heteroatoms. The SMILES string of the molecule is C[C@@H](Oc1cc(-c2c(CN)nn(C)c2C#N)nnc1N)c1cc(F)ccc1C(=O)O. The highest BCUT2D eigenvalue weighted by atomic mass is 19.1. The van der Waals surface area contributed by atoms with Crippen LogP contribution in [0.15, 0.2) is 24.3 Å². The highest BCUT2D eigenvalue weighted by Gasteiger charge is 2.22. The number of carbonyl (C=O) groups is 1. The van der Waals surface area contributed by atoms with E-state index in [1.54, 1.807) is 14.0 Å². The lowest BCUT2D eigenvalue weighted by Gasteiger charge is -2.18. The summed E-state index contributed by atoms with van der Waals surface area (Å²) in [4.78, 5) is 11.5. The molecule has 0 aliphatic carbocycles. The molecule has 2 heterocycles. The maximum Gasteiger partial charge on any atom is 0.336 e. The van der Waals surface area contributed by atoms with Gasteiger partial charge >= 0.3 is 5.97 Å². The summed E-state index contributed by atoms with van der Waals surface area (Å²) in [6.07, 6.45) is -0.871. The Kier molecular flexibility index (Phi) is 5.61. The summed E-state index contributed by atoms with van der Waals surface area (Å²) in [5, 5.41) is 30.9. The molecule has 30 heavy (non-hydrogen) atoms. The number of carboxylic acid groups (broad SMARTS) is 1. The molecule has 3 rings (SSSR count). The van der Waals surface area contributed by atoms with Gasteiger partial charge in [0.15, 0.2) is 11.6 Å². The maximum atomic E-state index is 13.7. The second-order valence-electron chi connectivity index (χ2n) is 6.39. The Morgan fingerprint density at radius 1 is 1.40 bits per heavy atom. The first-order valence-electron chi connectivity index (χ1n) is 8.75. The number of hydrogen-bond acceptors (Lipinski definition) is 8. The molecule has 0 amide bonds. The van der Waals surface area contributed by atoms with Crippen LogP contribution in [0.1, 0.15) is 40.3 Å². The molecule has 0 aliphatic heterocycles. The quantitative estimate of drug-likeness (QED) is 0.547. The van der Waals surface area contributed by atoms with E-state index >= 15 is 0 Å². The van der Waals surface area contributed by atoms with E-state index in [-0.39, 0.29) is 40.6 Å². The summed E-state index contributed by atoms with van der Waals surface area (Å²) in [5.41, 5.74) is 12.9. The maximum absolute atomic E-state index is 13.7. The monoisotopic (exact) mass is 411 g/mol. The lowest BCUT2D eigenvalue weighted by molar-refractivity contribution is 0.0691. The molecule has 0 unspecified atom stereocenters. The summed E-state index contributed by atoms with van der Waals surface area (Å²) in [6, 6.07) is 6.80. The van der Waals surface area contributed by atoms with E-state index < -0.39 is 17.9 Å². The predicted octanol–water partition coefficient (Wildman–Crippen LogP) is 1.77. The van der Waals surface area contributed by atoms with Crippen LogP contribution in [0.3, 0.4) is 0 Å². The molecule has 1 aromatic carbocycles. The van der Waals surface area contributed by atoms with E-state index in [1.165, 1.54) is 10.7 Å². The van der Waals surface area contributed by atoms with E-state index in [0.717, 1.165) is 18.2 Å². The van der Waals surface area contributed by atoms with Gasteiger partial charge in [0.05, 0.1) is 16.8 Å². The van der Waals surface area contributed by atoms with Gasteiger partial charge < -0.3 is 21.3 Å². The molecule has 5 N–H and O–H groups in total. The smallest absolute Gasteiger partial charge is 0.336 e. The van der Waals surface area contributed by atoms with Crippen molar-refractivity contribution in [3.8, 4) is 23.1 Å². The van der Waals surface area contributed by atoms with Crippen molar-refractivity contribution < 1.29 is 19.0 Å². The third-order valence-corrected chi connectivity index (χ3v) is 4.45. The normalized spacial score (nSPS) is 11.7. The molecular formula is C19H18FN7O3. The van der Waals surface area contributed by atoms with Gasteiger partial charge in [-0.3, -0.25) is 4.68 Å². The minimum atomic E-state index is -1.22. The van der Waals surface area contributed by atoms with Crippen molar-refractivity contribution in [1.29, 1.82) is 5.26 Å². The molecule has 0 bridgehead atoms. The van der Waals surface area contributed by atoms with Gasteiger partial charge in [-0.25, -0.2) is 9.18 Å². The Morgan fingerprint density at radius 3 is 2.77 bits per heavy atom. The third-order valence-electron chi connectivity index (χ3n) is 4.45. The van der Waals surface area contributed by atoms with Crippen molar-refractivity contribution in [3.63, 3.8) is 0 Å². The van der Waals surface area contributed by atoms with E-state index in [2.05, 4.69) is 15.3 Å². The Labute approximate surface area is 170 Å². The number of anilines is 1. The number of nitriles is 1. The molecule has 2 aromatic heterocycles. The zero-order valence-corrected chi connectivity index (χ0v) is 16.1. The summed E-state index contributed by atoms with van der Waals surface area (Å²) in [6.45, 7) is 1.62. The summed E-state index contributed by atoms with van der Waals surface area (Å²) < 4.78 is 20.9. The minimum absolute atomic E-state index is 0.0597. The second kappa shape index (κ2) is 8.14. The fourth-order valence-corrected chi connectivity index (χ4v) is 3.04. The standard InChI is InChI=1S/C19H18FN7O3/c1-9(12-5-10(20)3-4-11(12)19(28)29)30-16-6-13(24-25-18(16)23)17-14(7-21)26-27(2)15(17)8-22/h3-6,9H,7,21H2,1-2H3,(H2,23,25)(H,28,29)/t9-/m1/s1. The number of carboxylic acids is 1. The summed E-state index contributed by atoms with van der Waals surface area (Å²) in [7, 11) is 1.60. The lowest BCUT2D eigenvalue weighted by Crippen LogP contribution is -2.12. The first-order chi connectivity index (χ1) is 14.3. The number of rotatable bonds is 6. The van der Waals surface area contributed by atoms with Crippen LogP contribution < -0.4 is 16.2 Å². The predicted molar refractivity (Wildman–Crippen MR) is 104 cm³/mol. The van der Waals surface area contributed by atoms with E-state index in [1.807, 2.05) is 6.07 Å². The van der Waals surface area contributed by atoms with Crippen molar-refractivity contribution in [2.45, 2.75) is 19.6 Å². The number of hydrogen-bond donors (Lipinski definition) is 3. The second-order valence-corrected chi connectivity index (χ2v) is 6.39. The van der Waals surface area contributed by atoms with Crippen LogP contribution in [0.4, 0.5) is 10.2 Å². The molecule has 0 radical (unpaired) electrons. The number of nitrogen functional groups attached to an aromatic ring is 1. The van der Waals surface area contributed by atoms with Crippen LogP contribution >= 0.6 is 0 Å². The van der Waals surface area contributed by atoms with Gasteiger partial charge in [0, 0.05) is 25.2 Å². The number of halogens is 1. The molecule has 10 nitrogen and oxygen atoms in total. The number of aromatic carboxylic acids is 1. The molecular weight excluding hydrogens is 393 g/mol. The largest absolute Gasteiger partial charge is 0.482 e. The number of aryl methyl sites for hydroxylation is 1. The first-order valence-corrected chi connectivity index (χ1v) is 8.75. The highest BCUT2D eigenvalue weighted by molar-refractivity contribution is 5.89. The number of ether oxygens (including phenoxy) is 1. The molecule has 3 aromatic rings. The van der Waals surface area contributed by atoms with E-state index in [0.29, 0.717) is 11.3 Å². The van der Waals surface area contributed by atoms with Crippen molar-refractivity contribution >= 4 is 11.8 Å². The van der Waals surface area contributed by atoms with Crippen LogP contribution in [-0.2, 0) is 13.6 Å². The van der Waals surface area contributed by atoms with Gasteiger partial charge in [0.2, 0.25) is 0 Å². The van der Waals surface area contributed by atoms with Crippen LogP contribution in [0.25, 0.3) is 11.3 Å². The fourth-order valence-electron chi connectivity index (χ4n) is 3.04. The van der Waals surface area contributed by atoms with Gasteiger partial charge in [-0.05, 0) is 25.1 Å². The zero-order chi connectivity index (χ0) is 22.0. The molecule has 154 valence electrons. The highest BCUT2D eigenvalue weighted by Crippen LogP contribution is 2.33. The number of nitrogens with zero attached hydrogens (tertiary/aromatic N) is 5. The summed E-state index contributed by atoms with van der Waals surface area (Å²) >= 11 is 0. The topological polar surface area (TPSA) is 166 Å². The molecule has 0 aliphatic rings. The van der Waals surface area contributed by atoms with Crippen molar-refractivity contribution in [2.24, 2.45) is 12.8 Å². The average Bonchev–Trinajstić information content (AvgIpc) is 3.04. The van der Waals surface area contributed by atoms with Gasteiger partial charge in [-0.1, -0.05) is 0 Å². The molecule has 0 fully saturated rings. The first kappa shape index (κ1) is 20.7. The Hall–Kier alpha value is -4.04. The van der Waals surface area contributed by atoms with Crippen LogP contribution in [0.2, 0.25) is 0 Å². The minimum Gasteiger partial charge on any atom is -0.482 e. The van der Waals surface area contributed by atoms with Crippen molar-refractivity contribution in [1.82, 2.24) is 20.0 Å². The van der Waals surface area contributed by atoms with E-state index in [4.69, 9.17) is 16.2 Å². The summed E-state index contributed by atoms with van der Waals surface area (Å²) in [5.74, 6) is -1.79. The van der Waals surface area contributed by atoms with E-state index in [9.17, 15) is 19.6 Å². The molecule has 0 spiro atoms. The van der Waals surface area contributed by atoms with Crippen molar-refractivity contribution in [3.05, 3.63) is 52.6 Å². The van der Waals surface area contributed by atoms with Crippen LogP contribution in [0, 0.1) is 17.1 Å². The number of nitrogens with two attached hydrogens (primary N) is 2. The van der Waals surface area contributed by atoms with Crippen LogP contribution in [0.5, 0.6) is 5.75 Å². The van der Waals surface area contributed by atoms with Gasteiger partial charge in [0.1, 0.15) is 29.4 Å². The van der Waals surface area contributed by atoms with Gasteiger partial charge in [-0.15, -0.1) is 10.2 Å². The van der Waals surface area contributed by atoms with Crippen molar-refractivity contribution in [2.75, 3.05) is 5.73 Å². The number of aromatic nitrogens is 4. The third kappa shape index (κ3) is 3.76. The number of benzene rings is 1. The molecule has 0 saturated carbocycles. The Morgan fingerprint density at radius 2 is 2.13 bits per heavy atom. The Bertz CT molecular complexity index is 1170. The zero-order valence-electron chi connectivity index (χ0n) is 16.1. The average molecular weight is 411 g/mol. The molecule has 1 atom stereocenters.